The molecule has 4 aromatic carbocycles. The molecular weight excluding hydrogens is 765 g/mol. The summed E-state index contributed by atoms with van der Waals surface area (Å²) < 4.78 is 61.3. The number of rotatable bonds is 12. The zero-order valence-electron chi connectivity index (χ0n) is 29.6. The fourth-order valence-electron chi connectivity index (χ4n) is 3.83. The van der Waals surface area contributed by atoms with Gasteiger partial charge < -0.3 is 25.9 Å². The number of hydrogen-bond acceptors (Lipinski definition) is 20. The smallest absolute Gasteiger partial charge is 0.299 e. The number of nitrogens with two attached hydrogens (primary N) is 2. The number of fused-ring (bicyclic) bond motifs is 2. The highest BCUT2D eigenvalue weighted by molar-refractivity contribution is 7.94. The van der Waals surface area contributed by atoms with Gasteiger partial charge in [0.05, 0.1) is 51.9 Å². The number of anilines is 2. The van der Waals surface area contributed by atoms with Crippen molar-refractivity contribution in [2.24, 2.45) is 20.5 Å². The van der Waals surface area contributed by atoms with Crippen molar-refractivity contribution < 1.29 is 53.9 Å². The van der Waals surface area contributed by atoms with Gasteiger partial charge in [0.25, 0.3) is 20.2 Å². The highest BCUT2D eigenvalue weighted by atomic mass is 32.2. The molecule has 6 N–H and O–H groups in total. The molecular formula is C30H42N6O12S4. The van der Waals surface area contributed by atoms with Crippen molar-refractivity contribution in [3.8, 4) is 11.5 Å². The molecule has 0 aliphatic rings. The third-order valence-corrected chi connectivity index (χ3v) is 8.88. The lowest BCUT2D eigenvalue weighted by Crippen LogP contribution is -2.03. The summed E-state index contributed by atoms with van der Waals surface area (Å²) >= 11 is 2.33. The fourth-order valence-corrected chi connectivity index (χ4v) is 5.48. The first-order chi connectivity index (χ1) is 24.6. The van der Waals surface area contributed by atoms with Crippen LogP contribution in [-0.2, 0) is 47.0 Å². The number of nitrogens with zero attached hydrogens (tertiary/aromatic N) is 4. The zero-order chi connectivity index (χ0) is 39.5. The van der Waals surface area contributed by atoms with E-state index >= 15 is 0 Å². The molecule has 0 aliphatic carbocycles. The van der Waals surface area contributed by atoms with E-state index in [9.17, 15) is 27.0 Å². The Kier molecular flexibility index (Phi) is 20.4. The van der Waals surface area contributed by atoms with Crippen molar-refractivity contribution >= 4 is 88.6 Å². The molecule has 0 aliphatic heterocycles. The van der Waals surface area contributed by atoms with Crippen molar-refractivity contribution in [3.05, 3.63) is 48.5 Å². The van der Waals surface area contributed by atoms with Gasteiger partial charge in [-0.3, -0.25) is 8.37 Å². The van der Waals surface area contributed by atoms with Crippen LogP contribution in [0.4, 0.5) is 22.7 Å². The van der Waals surface area contributed by atoms with Crippen LogP contribution in [-0.4, -0.2) is 81.6 Å². The minimum atomic E-state index is -4.03. The van der Waals surface area contributed by atoms with Gasteiger partial charge in [0, 0.05) is 41.7 Å². The quantitative estimate of drug-likeness (QED) is 0.0218. The van der Waals surface area contributed by atoms with Crippen molar-refractivity contribution in [2.45, 2.75) is 23.1 Å². The molecule has 0 bridgehead atoms. The fraction of sp³-hybridized carbons (Fsp3) is 0.333. The van der Waals surface area contributed by atoms with E-state index in [0.717, 1.165) is 50.9 Å². The van der Waals surface area contributed by atoms with E-state index in [1.807, 2.05) is 6.26 Å². The average molecular weight is 807 g/mol. The lowest BCUT2D eigenvalue weighted by Gasteiger charge is -2.11. The highest BCUT2D eigenvalue weighted by Crippen LogP contribution is 2.43. The summed E-state index contributed by atoms with van der Waals surface area (Å²) in [7, 11) is -0.807. The Morgan fingerprint density at radius 1 is 0.865 bits per heavy atom. The van der Waals surface area contributed by atoms with Gasteiger partial charge in [0.1, 0.15) is 22.0 Å². The summed E-state index contributed by atoms with van der Waals surface area (Å²) in [6.07, 6.45) is 4.03. The molecule has 0 heterocycles. The minimum Gasteiger partial charge on any atom is -0.507 e. The minimum absolute atomic E-state index is 0.0247. The van der Waals surface area contributed by atoms with Gasteiger partial charge in [0.15, 0.2) is 5.75 Å². The molecule has 0 atom stereocenters. The van der Waals surface area contributed by atoms with E-state index in [0.29, 0.717) is 38.1 Å². The van der Waals surface area contributed by atoms with E-state index in [-0.39, 0.29) is 22.1 Å². The van der Waals surface area contributed by atoms with E-state index < -0.39 is 20.2 Å². The first-order valence-corrected chi connectivity index (χ1v) is 19.6. The van der Waals surface area contributed by atoms with Crippen LogP contribution in [0, 0.1) is 0 Å². The Labute approximate surface area is 311 Å². The number of azo groups is 2. The monoisotopic (exact) mass is 806 g/mol. The molecule has 288 valence electrons. The summed E-state index contributed by atoms with van der Waals surface area (Å²) in [5, 5.41) is 41.5. The molecule has 0 saturated carbocycles. The first kappa shape index (κ1) is 46.2. The van der Waals surface area contributed by atoms with Crippen molar-refractivity contribution in [2.75, 3.05) is 66.0 Å². The number of phenols is 2. The molecule has 4 aromatic rings. The molecule has 0 aromatic heterocycles. The molecule has 0 fully saturated rings. The van der Waals surface area contributed by atoms with Gasteiger partial charge in [-0.1, -0.05) is 30.2 Å². The molecule has 52 heavy (non-hydrogen) atoms. The third-order valence-electron chi connectivity index (χ3n) is 6.03. The van der Waals surface area contributed by atoms with Crippen molar-refractivity contribution in [1.29, 1.82) is 0 Å². The number of phenolic OH excluding ortho intramolecular Hbond substituents is 2. The highest BCUT2D eigenvalue weighted by Gasteiger charge is 2.24. The Balaban J connectivity index is 0.000000398. The maximum absolute atomic E-state index is 11.9. The SMILES string of the molecule is CCCOSC.CN=Nc1c(S(=O)(=O)OC)cc2cccc(N)c2c1O.CN=Nc1ccc2cc(SOOOC)cc(O)c2c1N.COS(C)(=O)=O. The van der Waals surface area contributed by atoms with Crippen LogP contribution in [0.2, 0.25) is 0 Å². The lowest BCUT2D eigenvalue weighted by atomic mass is 10.1. The maximum Gasteiger partial charge on any atom is 0.299 e. The summed E-state index contributed by atoms with van der Waals surface area (Å²) in [5.74, 6) is -0.321. The lowest BCUT2D eigenvalue weighted by molar-refractivity contribution is -0.447. The standard InChI is InChI=1S/2C12H13N3O4S.C4H10OS.C2H6O3S/c1-14-15-9-4-3-7-5-8(20-19-18-17-2)6-10(16)11(7)12(9)13;1-14-15-11-9(20(17,18)19-2)6-7-4-3-5-8(13)10(7)12(11)16;1-3-4-5-6-2;1-5-6(2,3)4/h2*3-6,16H,13H2,1-2H3;3-4H2,1-2H3;1-2H3. The molecule has 4 rings (SSSR count). The predicted octanol–water partition coefficient (Wildman–Crippen LogP) is 6.82. The van der Waals surface area contributed by atoms with Crippen molar-refractivity contribution in [1.82, 2.24) is 0 Å². The third kappa shape index (κ3) is 14.3. The van der Waals surface area contributed by atoms with Crippen LogP contribution in [0.5, 0.6) is 11.5 Å². The van der Waals surface area contributed by atoms with Crippen LogP contribution < -0.4 is 11.5 Å². The summed E-state index contributed by atoms with van der Waals surface area (Å²) in [4.78, 5) is 4.67. The van der Waals surface area contributed by atoms with Gasteiger partial charge in [-0.05, 0) is 59.6 Å². The largest absolute Gasteiger partial charge is 0.507 e. The predicted molar refractivity (Wildman–Crippen MR) is 202 cm³/mol. The second-order valence-corrected chi connectivity index (χ2v) is 14.3. The van der Waals surface area contributed by atoms with Gasteiger partial charge >= 0.3 is 0 Å². The zero-order valence-corrected chi connectivity index (χ0v) is 32.9. The number of aromatic hydroxyl groups is 2. The van der Waals surface area contributed by atoms with E-state index in [1.54, 1.807) is 43.4 Å². The van der Waals surface area contributed by atoms with Gasteiger partial charge in [-0.15, -0.1) is 4.33 Å². The molecule has 0 amide bonds. The number of nitrogen functional groups attached to an aromatic ring is 2. The maximum atomic E-state index is 11.9. The summed E-state index contributed by atoms with van der Waals surface area (Å²) in [6.45, 7) is 2.97. The Morgan fingerprint density at radius 2 is 1.50 bits per heavy atom. The molecule has 0 saturated heterocycles. The van der Waals surface area contributed by atoms with Crippen LogP contribution in [0.3, 0.4) is 0 Å². The second kappa shape index (κ2) is 23.0. The van der Waals surface area contributed by atoms with Crippen LogP contribution in [0.25, 0.3) is 21.5 Å². The Hall–Kier alpha value is -3.84. The molecule has 0 spiro atoms. The Bertz CT molecular complexity index is 2030. The summed E-state index contributed by atoms with van der Waals surface area (Å²) in [6, 6.07) is 13.0. The average Bonchev–Trinajstić information content (AvgIpc) is 3.10. The number of hydrogen-bond donors (Lipinski definition) is 4. The normalized spacial score (nSPS) is 11.5. The van der Waals surface area contributed by atoms with Crippen LogP contribution in [0.15, 0.2) is 78.8 Å². The summed E-state index contributed by atoms with van der Waals surface area (Å²) in [5.41, 5.74) is 12.8. The van der Waals surface area contributed by atoms with Gasteiger partial charge in [-0.25, -0.2) is 4.89 Å². The molecule has 0 unspecified atom stereocenters. The van der Waals surface area contributed by atoms with E-state index in [4.69, 9.17) is 15.7 Å². The van der Waals surface area contributed by atoms with Gasteiger partial charge in [0.2, 0.25) is 0 Å². The van der Waals surface area contributed by atoms with Crippen molar-refractivity contribution in [3.63, 3.8) is 0 Å². The second-order valence-electron chi connectivity index (χ2n) is 9.52. The number of benzene rings is 4. The topological polar surface area (TPSA) is 266 Å². The van der Waals surface area contributed by atoms with Crippen LogP contribution >= 0.6 is 24.1 Å². The molecule has 18 nitrogen and oxygen atoms in total. The van der Waals surface area contributed by atoms with Crippen LogP contribution in [0.1, 0.15) is 13.3 Å². The molecule has 0 radical (unpaired) electrons. The van der Waals surface area contributed by atoms with E-state index in [1.165, 1.54) is 38.3 Å². The Morgan fingerprint density at radius 3 is 2.02 bits per heavy atom. The first-order valence-electron chi connectivity index (χ1n) is 14.5. The van der Waals surface area contributed by atoms with Gasteiger partial charge in [-0.2, -0.15) is 37.3 Å². The van der Waals surface area contributed by atoms with E-state index in [2.05, 4.69) is 50.0 Å². The molecule has 22 heteroatoms.